The van der Waals surface area contributed by atoms with Crippen molar-refractivity contribution in [3.05, 3.63) is 89.5 Å². The molecule has 1 N–H and O–H groups in total. The van der Waals surface area contributed by atoms with Crippen LogP contribution in [0, 0.1) is 0 Å². The monoisotopic (exact) mass is 441 g/mol. The van der Waals surface area contributed by atoms with Crippen LogP contribution in [0.4, 0.5) is 0 Å². The molecule has 0 saturated carbocycles. The first-order valence-corrected chi connectivity index (χ1v) is 11.0. The van der Waals surface area contributed by atoms with E-state index in [0.717, 1.165) is 27.7 Å². The fraction of sp³-hybridized carbons (Fsp3) is 0.231. The summed E-state index contributed by atoms with van der Waals surface area (Å²) in [6.07, 6.45) is 2.05. The van der Waals surface area contributed by atoms with Gasteiger partial charge in [0.15, 0.2) is 0 Å². The molecule has 0 radical (unpaired) electrons. The molecule has 1 fully saturated rings. The lowest BCUT2D eigenvalue weighted by molar-refractivity contribution is -0.159. The zero-order valence-electron chi connectivity index (χ0n) is 18.2. The molecule has 0 aliphatic carbocycles. The second kappa shape index (κ2) is 7.55. The predicted octanol–water partition coefficient (Wildman–Crippen LogP) is 3.65. The summed E-state index contributed by atoms with van der Waals surface area (Å²) in [5.41, 5.74) is 3.96. The highest BCUT2D eigenvalue weighted by atomic mass is 16.5. The molecule has 1 unspecified atom stereocenters. The van der Waals surface area contributed by atoms with Crippen molar-refractivity contribution in [1.82, 2.24) is 14.8 Å². The van der Waals surface area contributed by atoms with E-state index in [-0.39, 0.29) is 24.9 Å². The fourth-order valence-corrected chi connectivity index (χ4v) is 5.21. The van der Waals surface area contributed by atoms with E-state index in [1.165, 1.54) is 0 Å². The van der Waals surface area contributed by atoms with E-state index in [1.807, 2.05) is 48.5 Å². The highest BCUT2D eigenvalue weighted by Crippen LogP contribution is 2.43. The maximum absolute atomic E-state index is 13.7. The molecule has 2 aliphatic heterocycles. The van der Waals surface area contributed by atoms with Crippen LogP contribution in [0.3, 0.4) is 0 Å². The van der Waals surface area contributed by atoms with Gasteiger partial charge >= 0.3 is 0 Å². The van der Waals surface area contributed by atoms with Crippen LogP contribution in [-0.2, 0) is 22.6 Å². The SMILES string of the molecule is COc1cccc(C2c3[nH]c4ccccc4c3C[C@H]3C(=O)N(Cc4ccco4)CC(=O)N23)c1. The van der Waals surface area contributed by atoms with Crippen molar-refractivity contribution >= 4 is 22.7 Å². The molecule has 7 nitrogen and oxygen atoms in total. The Morgan fingerprint density at radius 2 is 1.97 bits per heavy atom. The number of rotatable bonds is 4. The van der Waals surface area contributed by atoms with Gasteiger partial charge in [0.2, 0.25) is 11.8 Å². The van der Waals surface area contributed by atoms with E-state index in [2.05, 4.69) is 11.1 Å². The predicted molar refractivity (Wildman–Crippen MR) is 122 cm³/mol. The second-order valence-electron chi connectivity index (χ2n) is 8.54. The van der Waals surface area contributed by atoms with Crippen LogP contribution in [0.1, 0.15) is 28.6 Å². The minimum atomic E-state index is -0.580. The topological polar surface area (TPSA) is 78.8 Å². The van der Waals surface area contributed by atoms with Crippen LogP contribution in [0.2, 0.25) is 0 Å². The van der Waals surface area contributed by atoms with Gasteiger partial charge in [-0.2, -0.15) is 0 Å². The van der Waals surface area contributed by atoms with Crippen molar-refractivity contribution in [1.29, 1.82) is 0 Å². The summed E-state index contributed by atoms with van der Waals surface area (Å²) in [4.78, 5) is 34.1. The molecule has 0 bridgehead atoms. The Bertz CT molecular complexity index is 1360. The average Bonchev–Trinajstić information content (AvgIpc) is 3.48. The Hall–Kier alpha value is -4.00. The lowest BCUT2D eigenvalue weighted by atomic mass is 9.86. The molecule has 1 saturated heterocycles. The molecule has 7 heteroatoms. The number of carbonyl (C=O) groups is 2. The van der Waals surface area contributed by atoms with Gasteiger partial charge in [-0.25, -0.2) is 0 Å². The number of aromatic amines is 1. The number of hydrogen-bond acceptors (Lipinski definition) is 4. The lowest BCUT2D eigenvalue weighted by Crippen LogP contribution is -2.62. The van der Waals surface area contributed by atoms with Gasteiger partial charge < -0.3 is 23.9 Å². The number of ether oxygens (including phenoxy) is 1. The number of furan rings is 1. The third kappa shape index (κ3) is 3.11. The number of para-hydroxylation sites is 1. The average molecular weight is 441 g/mol. The number of carbonyl (C=O) groups excluding carboxylic acids is 2. The number of amides is 2. The van der Waals surface area contributed by atoms with Gasteiger partial charge in [-0.1, -0.05) is 30.3 Å². The van der Waals surface area contributed by atoms with E-state index in [0.29, 0.717) is 17.9 Å². The number of nitrogens with one attached hydrogen (secondary N) is 1. The van der Waals surface area contributed by atoms with Crippen LogP contribution in [0.25, 0.3) is 10.9 Å². The Balaban J connectivity index is 1.49. The smallest absolute Gasteiger partial charge is 0.246 e. The first kappa shape index (κ1) is 19.7. The first-order valence-electron chi connectivity index (χ1n) is 11.0. The summed E-state index contributed by atoms with van der Waals surface area (Å²) in [7, 11) is 1.62. The third-order valence-electron chi connectivity index (χ3n) is 6.68. The van der Waals surface area contributed by atoms with Crippen molar-refractivity contribution in [2.45, 2.75) is 25.0 Å². The van der Waals surface area contributed by atoms with Crippen LogP contribution < -0.4 is 4.74 Å². The Labute approximate surface area is 190 Å². The summed E-state index contributed by atoms with van der Waals surface area (Å²) in [5.74, 6) is 1.23. The number of H-pyrrole nitrogens is 1. The quantitative estimate of drug-likeness (QED) is 0.524. The van der Waals surface area contributed by atoms with Crippen LogP contribution in [0.15, 0.2) is 71.3 Å². The van der Waals surface area contributed by atoms with Crippen LogP contribution >= 0.6 is 0 Å². The Morgan fingerprint density at radius 3 is 2.79 bits per heavy atom. The highest BCUT2D eigenvalue weighted by molar-refractivity contribution is 5.97. The molecule has 33 heavy (non-hydrogen) atoms. The standard InChI is InChI=1S/C26H23N3O4/c1-32-17-7-4-6-16(12-17)25-24-20(19-9-2-3-10-21(19)27-24)13-22-26(31)28(15-23(30)29(22)25)14-18-8-5-11-33-18/h2-12,22,25,27H,13-15H2,1H3/t22-,25?/m0/s1. The molecule has 0 spiro atoms. The molecule has 166 valence electrons. The molecule has 2 aromatic carbocycles. The normalized spacial score (nSPS) is 20.2. The van der Waals surface area contributed by atoms with Gasteiger partial charge in [0.05, 0.1) is 26.0 Å². The van der Waals surface area contributed by atoms with Gasteiger partial charge in [-0.15, -0.1) is 0 Å². The third-order valence-corrected chi connectivity index (χ3v) is 6.68. The summed E-state index contributed by atoms with van der Waals surface area (Å²) in [6.45, 7) is 0.304. The summed E-state index contributed by atoms with van der Waals surface area (Å²) >= 11 is 0. The van der Waals surface area contributed by atoms with Crippen molar-refractivity contribution in [2.24, 2.45) is 0 Å². The van der Waals surface area contributed by atoms with Crippen molar-refractivity contribution in [2.75, 3.05) is 13.7 Å². The largest absolute Gasteiger partial charge is 0.497 e. The molecule has 2 atom stereocenters. The molecular formula is C26H23N3O4. The molecule has 2 aromatic heterocycles. The van der Waals surface area contributed by atoms with Crippen LogP contribution in [0.5, 0.6) is 5.75 Å². The molecule has 2 amide bonds. The number of piperazine rings is 1. The minimum Gasteiger partial charge on any atom is -0.497 e. The van der Waals surface area contributed by atoms with E-state index in [9.17, 15) is 9.59 Å². The molecule has 4 heterocycles. The maximum atomic E-state index is 13.7. The fourth-order valence-electron chi connectivity index (χ4n) is 5.21. The van der Waals surface area contributed by atoms with Crippen LogP contribution in [-0.4, -0.2) is 46.3 Å². The first-order chi connectivity index (χ1) is 16.1. The van der Waals surface area contributed by atoms with Gasteiger partial charge in [-0.05, 0) is 41.5 Å². The number of methoxy groups -OCH3 is 1. The molecule has 4 aromatic rings. The van der Waals surface area contributed by atoms with Crippen molar-refractivity contribution < 1.29 is 18.7 Å². The molecule has 6 rings (SSSR count). The van der Waals surface area contributed by atoms with E-state index < -0.39 is 12.1 Å². The number of benzene rings is 2. The number of fused-ring (bicyclic) bond motifs is 4. The van der Waals surface area contributed by atoms with E-state index in [4.69, 9.17) is 9.15 Å². The maximum Gasteiger partial charge on any atom is 0.246 e. The van der Waals surface area contributed by atoms with Gasteiger partial charge in [0.1, 0.15) is 24.1 Å². The minimum absolute atomic E-state index is 0.0199. The summed E-state index contributed by atoms with van der Waals surface area (Å²) in [6, 6.07) is 18.4. The van der Waals surface area contributed by atoms with E-state index in [1.54, 1.807) is 29.2 Å². The number of nitrogens with zero attached hydrogens (tertiary/aromatic N) is 2. The highest BCUT2D eigenvalue weighted by Gasteiger charge is 2.48. The molecular weight excluding hydrogens is 418 g/mol. The van der Waals surface area contributed by atoms with Crippen molar-refractivity contribution in [3.63, 3.8) is 0 Å². The van der Waals surface area contributed by atoms with Gasteiger partial charge in [-0.3, -0.25) is 9.59 Å². The molecule has 2 aliphatic rings. The van der Waals surface area contributed by atoms with E-state index >= 15 is 0 Å². The second-order valence-corrected chi connectivity index (χ2v) is 8.54. The summed E-state index contributed by atoms with van der Waals surface area (Å²) < 4.78 is 10.9. The number of hydrogen-bond donors (Lipinski definition) is 1. The zero-order valence-corrected chi connectivity index (χ0v) is 18.2. The van der Waals surface area contributed by atoms with Gasteiger partial charge in [0, 0.05) is 23.0 Å². The lowest BCUT2D eigenvalue weighted by Gasteiger charge is -2.47. The Morgan fingerprint density at radius 1 is 1.09 bits per heavy atom. The van der Waals surface area contributed by atoms with Gasteiger partial charge in [0.25, 0.3) is 0 Å². The number of aromatic nitrogens is 1. The zero-order chi connectivity index (χ0) is 22.5. The Kier molecular flexibility index (Phi) is 4.50. The van der Waals surface area contributed by atoms with Crippen molar-refractivity contribution in [3.8, 4) is 5.75 Å². The summed E-state index contributed by atoms with van der Waals surface area (Å²) in [5, 5.41) is 1.09.